The molecule has 0 heterocycles. The molecule has 1 heteroatoms. The molecule has 0 spiro atoms. The van der Waals surface area contributed by atoms with E-state index in [-0.39, 0.29) is 18.9 Å². The first kappa shape index (κ1) is 15.3. The summed E-state index contributed by atoms with van der Waals surface area (Å²) in [7, 11) is 0. The molecule has 0 amide bonds. The van der Waals surface area contributed by atoms with Crippen LogP contribution in [0.3, 0.4) is 0 Å². The molecule has 0 aliphatic carbocycles. The average Bonchev–Trinajstić information content (AvgIpc) is 2.79. The van der Waals surface area contributed by atoms with Gasteiger partial charge in [0.15, 0.2) is 0 Å². The van der Waals surface area contributed by atoms with E-state index in [0.717, 1.165) is 0 Å². The van der Waals surface area contributed by atoms with Crippen molar-refractivity contribution in [3.8, 4) is 0 Å². The minimum atomic E-state index is 0. The second-order valence-electron chi connectivity index (χ2n) is 5.55. The van der Waals surface area contributed by atoms with E-state index in [0.29, 0.717) is 5.92 Å². The molecule has 0 bridgehead atoms. The summed E-state index contributed by atoms with van der Waals surface area (Å²) in [5, 5.41) is 5.73. The van der Waals surface area contributed by atoms with Crippen molar-refractivity contribution in [2.24, 2.45) is 0 Å². The van der Waals surface area contributed by atoms with Crippen LogP contribution in [-0.2, 0) is 0 Å². The van der Waals surface area contributed by atoms with Crippen LogP contribution in [0.1, 0.15) is 44.6 Å². The van der Waals surface area contributed by atoms with Crippen molar-refractivity contribution in [2.75, 3.05) is 0 Å². The van der Waals surface area contributed by atoms with E-state index >= 15 is 0 Å². The number of hydrogen-bond acceptors (Lipinski definition) is 0. The van der Waals surface area contributed by atoms with E-state index in [2.05, 4.69) is 62.4 Å². The average molecular weight is 256 g/mol. The molecule has 0 aromatic heterocycles. The topological polar surface area (TPSA) is 0 Å². The minimum Gasteiger partial charge on any atom is -0.120 e. The Hall–Kier alpha value is -1.09. The number of rotatable bonds is 4. The Morgan fingerprint density at radius 3 is 1.90 bits per heavy atom. The van der Waals surface area contributed by atoms with E-state index in [1.165, 1.54) is 40.8 Å². The number of hydrogen-bond donors (Lipinski definition) is 0. The van der Waals surface area contributed by atoms with Gasteiger partial charge in [0, 0.05) is 0 Å². The maximum Gasteiger partial charge on any atom is 1.00 e. The fourth-order valence-electron chi connectivity index (χ4n) is 3.24. The van der Waals surface area contributed by atoms with Gasteiger partial charge in [0.2, 0.25) is 0 Å². The zero-order chi connectivity index (χ0) is 13.2. The van der Waals surface area contributed by atoms with E-state index in [9.17, 15) is 0 Å². The smallest absolute Gasteiger partial charge is 0.120 e. The molecule has 98 valence electrons. The molecule has 0 aliphatic rings. The maximum absolute atomic E-state index is 2.38. The van der Waals surface area contributed by atoms with Crippen molar-refractivity contribution in [1.29, 1.82) is 0 Å². The summed E-state index contributed by atoms with van der Waals surface area (Å²) < 4.78 is 0. The fraction of sp³-hybridized carbons (Fsp3) is 0.316. The standard InChI is InChI=1S/C19H21.Li/c1-3-4-9-14(2)19-17-12-7-5-10-15(17)16-11-6-8-13-18(16)19;/h5-8,10-14H,3-4,9H2,1-2H3;/q-1;+1. The summed E-state index contributed by atoms with van der Waals surface area (Å²) in [6, 6.07) is 17.7. The quantitative estimate of drug-likeness (QED) is 0.497. The molecule has 1 unspecified atom stereocenters. The third-order valence-corrected chi connectivity index (χ3v) is 4.21. The van der Waals surface area contributed by atoms with Crippen LogP contribution < -0.4 is 18.9 Å². The number of benzene rings is 2. The van der Waals surface area contributed by atoms with Crippen LogP contribution in [-0.4, -0.2) is 0 Å². The van der Waals surface area contributed by atoms with E-state index < -0.39 is 0 Å². The van der Waals surface area contributed by atoms with Gasteiger partial charge in [0.25, 0.3) is 0 Å². The van der Waals surface area contributed by atoms with Gasteiger partial charge < -0.3 is 0 Å². The first-order valence-electron chi connectivity index (χ1n) is 7.39. The molecular weight excluding hydrogens is 235 g/mol. The molecule has 0 nitrogen and oxygen atoms in total. The Balaban J connectivity index is 0.00000147. The predicted molar refractivity (Wildman–Crippen MR) is 85.0 cm³/mol. The van der Waals surface area contributed by atoms with Crippen LogP contribution in [0, 0.1) is 0 Å². The van der Waals surface area contributed by atoms with Crippen LogP contribution in [0.5, 0.6) is 0 Å². The molecule has 3 rings (SSSR count). The molecule has 0 saturated carbocycles. The van der Waals surface area contributed by atoms with E-state index in [1.807, 2.05) is 0 Å². The zero-order valence-corrected chi connectivity index (χ0v) is 12.8. The summed E-state index contributed by atoms with van der Waals surface area (Å²) in [6.45, 7) is 4.65. The Morgan fingerprint density at radius 1 is 0.900 bits per heavy atom. The van der Waals surface area contributed by atoms with Gasteiger partial charge in [-0.15, -0.1) is 39.2 Å². The third-order valence-electron chi connectivity index (χ3n) is 4.21. The van der Waals surface area contributed by atoms with Gasteiger partial charge in [-0.25, -0.2) is 0 Å². The Morgan fingerprint density at radius 2 is 1.40 bits per heavy atom. The number of unbranched alkanes of at least 4 members (excludes halogenated alkanes) is 1. The predicted octanol–water partition coefficient (Wildman–Crippen LogP) is 3.01. The Kier molecular flexibility index (Phi) is 5.03. The number of fused-ring (bicyclic) bond motifs is 3. The van der Waals surface area contributed by atoms with Crippen LogP contribution in [0.4, 0.5) is 0 Å². The molecule has 0 fully saturated rings. The van der Waals surface area contributed by atoms with Gasteiger partial charge >= 0.3 is 18.9 Å². The van der Waals surface area contributed by atoms with Gasteiger partial charge in [-0.2, -0.15) is 0 Å². The summed E-state index contributed by atoms with van der Waals surface area (Å²) >= 11 is 0. The van der Waals surface area contributed by atoms with Crippen molar-refractivity contribution in [3.63, 3.8) is 0 Å². The first-order valence-corrected chi connectivity index (χ1v) is 7.39. The van der Waals surface area contributed by atoms with Crippen molar-refractivity contribution in [2.45, 2.75) is 39.0 Å². The van der Waals surface area contributed by atoms with Crippen molar-refractivity contribution < 1.29 is 18.9 Å². The largest absolute Gasteiger partial charge is 1.00 e. The van der Waals surface area contributed by atoms with E-state index in [1.54, 1.807) is 5.56 Å². The van der Waals surface area contributed by atoms with Gasteiger partial charge in [0.1, 0.15) is 0 Å². The molecule has 0 N–H and O–H groups in total. The molecular formula is C19H21Li. The maximum atomic E-state index is 2.38. The fourth-order valence-corrected chi connectivity index (χ4v) is 3.24. The molecule has 3 aromatic carbocycles. The minimum absolute atomic E-state index is 0. The van der Waals surface area contributed by atoms with E-state index in [4.69, 9.17) is 0 Å². The van der Waals surface area contributed by atoms with Crippen LogP contribution in [0.2, 0.25) is 0 Å². The zero-order valence-electron chi connectivity index (χ0n) is 12.8. The van der Waals surface area contributed by atoms with Gasteiger partial charge in [-0.3, -0.25) is 0 Å². The second-order valence-corrected chi connectivity index (χ2v) is 5.55. The summed E-state index contributed by atoms with van der Waals surface area (Å²) in [5.41, 5.74) is 1.56. The normalized spacial score (nSPS) is 12.5. The van der Waals surface area contributed by atoms with Crippen LogP contribution >= 0.6 is 0 Å². The van der Waals surface area contributed by atoms with Crippen LogP contribution in [0.15, 0.2) is 48.5 Å². The Bertz CT molecular complexity index is 640. The monoisotopic (exact) mass is 256 g/mol. The molecule has 0 aliphatic heterocycles. The third kappa shape index (κ3) is 2.56. The molecule has 20 heavy (non-hydrogen) atoms. The van der Waals surface area contributed by atoms with Crippen molar-refractivity contribution in [3.05, 3.63) is 54.1 Å². The Labute approximate surface area is 133 Å². The summed E-state index contributed by atoms with van der Waals surface area (Å²) in [5.74, 6) is 0.643. The second kappa shape index (κ2) is 6.57. The van der Waals surface area contributed by atoms with Crippen LogP contribution in [0.25, 0.3) is 21.5 Å². The van der Waals surface area contributed by atoms with Crippen molar-refractivity contribution >= 4 is 21.5 Å². The van der Waals surface area contributed by atoms with Gasteiger partial charge in [0.05, 0.1) is 0 Å². The molecule has 1 atom stereocenters. The molecule has 0 saturated heterocycles. The van der Waals surface area contributed by atoms with Crippen molar-refractivity contribution in [1.82, 2.24) is 0 Å². The summed E-state index contributed by atoms with van der Waals surface area (Å²) in [4.78, 5) is 0. The van der Waals surface area contributed by atoms with Gasteiger partial charge in [-0.1, -0.05) is 69.5 Å². The molecule has 3 aromatic rings. The SMILES string of the molecule is CCCCC(C)[c-]1c2ccccc2c2ccccc21.[Li+]. The van der Waals surface area contributed by atoms with Gasteiger partial charge in [-0.05, 0) is 5.92 Å². The first-order chi connectivity index (χ1) is 9.33. The molecule has 0 radical (unpaired) electrons. The summed E-state index contributed by atoms with van der Waals surface area (Å²) in [6.07, 6.45) is 3.88.